The Morgan fingerprint density at radius 2 is 1.48 bits per heavy atom. The second-order valence-corrected chi connectivity index (χ2v) is 9.60. The van der Waals surface area contributed by atoms with Gasteiger partial charge in [0.15, 0.2) is 0 Å². The molecule has 5 rings (SSSR count). The van der Waals surface area contributed by atoms with Crippen LogP contribution < -0.4 is 19.7 Å². The van der Waals surface area contributed by atoms with Crippen molar-refractivity contribution in [2.45, 2.75) is 20.1 Å². The van der Waals surface area contributed by atoms with Crippen LogP contribution in [0.5, 0.6) is 11.5 Å². The van der Waals surface area contributed by atoms with E-state index in [-0.39, 0.29) is 5.57 Å². The van der Waals surface area contributed by atoms with E-state index in [2.05, 4.69) is 5.32 Å². The van der Waals surface area contributed by atoms with Crippen LogP contribution in [-0.2, 0) is 22.8 Å². The Bertz CT molecular complexity index is 1580. The number of imide groups is 2. The SMILES string of the molecule is Cc1ccc(COc2ccc(N3C(=O)NC(=O)/C(=C\c4ccc(OCc5ccccc5)c(Cl)c4)C3=O)cc2)cc1. The molecule has 200 valence electrons. The number of nitrogens with zero attached hydrogens (tertiary/aromatic N) is 1. The van der Waals surface area contributed by atoms with E-state index in [9.17, 15) is 14.4 Å². The molecule has 4 amide bonds. The number of aryl methyl sites for hydroxylation is 1. The molecule has 1 heterocycles. The second-order valence-electron chi connectivity index (χ2n) is 9.19. The standard InChI is InChI=1S/C32H25ClN2O5/c1-21-7-9-23(10-8-21)19-39-26-14-12-25(13-15-26)35-31(37)27(30(36)34-32(35)38)17-24-11-16-29(28(33)18-24)40-20-22-5-3-2-4-6-22/h2-18H,19-20H2,1H3,(H,34,36,38)/b27-17+. The highest BCUT2D eigenvalue weighted by molar-refractivity contribution is 6.39. The number of carbonyl (C=O) groups excluding carboxylic acids is 3. The lowest BCUT2D eigenvalue weighted by Gasteiger charge is -2.26. The number of benzene rings is 4. The first-order valence-electron chi connectivity index (χ1n) is 12.5. The molecule has 1 fully saturated rings. The lowest BCUT2D eigenvalue weighted by Crippen LogP contribution is -2.54. The van der Waals surface area contributed by atoms with Crippen molar-refractivity contribution in [3.8, 4) is 11.5 Å². The summed E-state index contributed by atoms with van der Waals surface area (Å²) in [5.41, 5.74) is 3.77. The predicted molar refractivity (Wildman–Crippen MR) is 153 cm³/mol. The topological polar surface area (TPSA) is 84.9 Å². The minimum atomic E-state index is -0.830. The Morgan fingerprint density at radius 1 is 0.800 bits per heavy atom. The molecule has 8 heteroatoms. The van der Waals surface area contributed by atoms with Crippen molar-refractivity contribution < 1.29 is 23.9 Å². The lowest BCUT2D eigenvalue weighted by atomic mass is 10.1. The number of barbiturate groups is 1. The molecule has 0 atom stereocenters. The van der Waals surface area contributed by atoms with E-state index in [1.54, 1.807) is 42.5 Å². The number of anilines is 1. The van der Waals surface area contributed by atoms with Crippen LogP contribution in [0.4, 0.5) is 10.5 Å². The highest BCUT2D eigenvalue weighted by atomic mass is 35.5. The molecule has 1 aliphatic rings. The van der Waals surface area contributed by atoms with Gasteiger partial charge in [0, 0.05) is 0 Å². The van der Waals surface area contributed by atoms with Crippen LogP contribution in [0.1, 0.15) is 22.3 Å². The average molecular weight is 553 g/mol. The van der Waals surface area contributed by atoms with E-state index in [1.165, 1.54) is 6.08 Å². The van der Waals surface area contributed by atoms with E-state index in [1.807, 2.05) is 61.5 Å². The number of nitrogens with one attached hydrogen (secondary N) is 1. The molecule has 40 heavy (non-hydrogen) atoms. The summed E-state index contributed by atoms with van der Waals surface area (Å²) in [5, 5.41) is 2.55. The molecule has 7 nitrogen and oxygen atoms in total. The number of amides is 4. The summed E-state index contributed by atoms with van der Waals surface area (Å²) in [6.45, 7) is 2.74. The van der Waals surface area contributed by atoms with Crippen LogP contribution in [0.3, 0.4) is 0 Å². The normalized spacial score (nSPS) is 14.3. The smallest absolute Gasteiger partial charge is 0.335 e. The van der Waals surface area contributed by atoms with Gasteiger partial charge < -0.3 is 9.47 Å². The predicted octanol–water partition coefficient (Wildman–Crippen LogP) is 6.47. The fraction of sp³-hybridized carbons (Fsp3) is 0.0938. The van der Waals surface area contributed by atoms with Gasteiger partial charge >= 0.3 is 6.03 Å². The molecule has 0 spiro atoms. The zero-order valence-electron chi connectivity index (χ0n) is 21.6. The number of rotatable bonds is 8. The van der Waals surface area contributed by atoms with Crippen LogP contribution in [0, 0.1) is 6.92 Å². The fourth-order valence-corrected chi connectivity index (χ4v) is 4.30. The highest BCUT2D eigenvalue weighted by Crippen LogP contribution is 2.29. The van der Waals surface area contributed by atoms with Gasteiger partial charge in [-0.05, 0) is 66.1 Å². The number of hydrogen-bond donors (Lipinski definition) is 1. The molecule has 1 saturated heterocycles. The summed E-state index contributed by atoms with van der Waals surface area (Å²) in [4.78, 5) is 39.4. The molecule has 4 aromatic rings. The van der Waals surface area contributed by atoms with Crippen molar-refractivity contribution in [3.63, 3.8) is 0 Å². The van der Waals surface area contributed by atoms with E-state index in [0.717, 1.165) is 21.6 Å². The number of ether oxygens (including phenoxy) is 2. The monoisotopic (exact) mass is 552 g/mol. The van der Waals surface area contributed by atoms with Crippen LogP contribution >= 0.6 is 11.6 Å². The summed E-state index contributed by atoms with van der Waals surface area (Å²) in [6, 6.07) is 28.3. The summed E-state index contributed by atoms with van der Waals surface area (Å²) in [6.07, 6.45) is 1.39. The van der Waals surface area contributed by atoms with E-state index in [4.69, 9.17) is 21.1 Å². The van der Waals surface area contributed by atoms with Crippen molar-refractivity contribution >= 4 is 41.2 Å². The number of halogens is 1. The van der Waals surface area contributed by atoms with E-state index < -0.39 is 17.8 Å². The molecule has 0 bridgehead atoms. The molecule has 0 saturated carbocycles. The van der Waals surface area contributed by atoms with Gasteiger partial charge in [0.25, 0.3) is 11.8 Å². The summed E-state index contributed by atoms with van der Waals surface area (Å²) < 4.78 is 11.6. The zero-order valence-corrected chi connectivity index (χ0v) is 22.4. The molecule has 4 aromatic carbocycles. The van der Waals surface area contributed by atoms with Crippen LogP contribution in [0.15, 0.2) is 103 Å². The van der Waals surface area contributed by atoms with Crippen LogP contribution in [-0.4, -0.2) is 17.8 Å². The fourth-order valence-electron chi connectivity index (χ4n) is 4.06. The second kappa shape index (κ2) is 11.9. The maximum atomic E-state index is 13.3. The Balaban J connectivity index is 1.29. The minimum Gasteiger partial charge on any atom is -0.489 e. The molecule has 0 radical (unpaired) electrons. The quantitative estimate of drug-likeness (QED) is 0.200. The molecule has 1 N–H and O–H groups in total. The summed E-state index contributed by atoms with van der Waals surface area (Å²) in [7, 11) is 0. The minimum absolute atomic E-state index is 0.201. The third-order valence-corrected chi connectivity index (χ3v) is 6.52. The Hall–Kier alpha value is -4.88. The number of carbonyl (C=O) groups is 3. The maximum absolute atomic E-state index is 13.3. The molecular weight excluding hydrogens is 528 g/mol. The van der Waals surface area contributed by atoms with Crippen LogP contribution in [0.2, 0.25) is 5.02 Å². The van der Waals surface area contributed by atoms with Gasteiger partial charge in [-0.2, -0.15) is 0 Å². The largest absolute Gasteiger partial charge is 0.489 e. The van der Waals surface area contributed by atoms with Crippen molar-refractivity contribution in [1.29, 1.82) is 0 Å². The van der Waals surface area contributed by atoms with Crippen molar-refractivity contribution in [2.24, 2.45) is 0 Å². The first-order chi connectivity index (χ1) is 19.4. The summed E-state index contributed by atoms with van der Waals surface area (Å²) in [5.74, 6) is -0.494. The Morgan fingerprint density at radius 3 is 2.17 bits per heavy atom. The molecule has 0 aromatic heterocycles. The third-order valence-electron chi connectivity index (χ3n) is 6.23. The van der Waals surface area contributed by atoms with Crippen molar-refractivity contribution in [2.75, 3.05) is 4.90 Å². The maximum Gasteiger partial charge on any atom is 0.335 e. The summed E-state index contributed by atoms with van der Waals surface area (Å²) >= 11 is 6.40. The van der Waals surface area contributed by atoms with Crippen molar-refractivity contribution in [3.05, 3.63) is 130 Å². The molecule has 0 aliphatic carbocycles. The van der Waals surface area contributed by atoms with Crippen LogP contribution in [0.25, 0.3) is 6.08 Å². The van der Waals surface area contributed by atoms with Gasteiger partial charge in [-0.25, -0.2) is 9.69 Å². The van der Waals surface area contributed by atoms with Gasteiger partial charge in [-0.15, -0.1) is 0 Å². The average Bonchev–Trinajstić information content (AvgIpc) is 2.95. The van der Waals surface area contributed by atoms with E-state index >= 15 is 0 Å². The molecular formula is C32H25ClN2O5. The Kier molecular flexibility index (Phi) is 7.94. The van der Waals surface area contributed by atoms with Gasteiger partial charge in [0.2, 0.25) is 0 Å². The molecule has 0 unspecified atom stereocenters. The van der Waals surface area contributed by atoms with E-state index in [0.29, 0.717) is 41.0 Å². The number of hydrogen-bond acceptors (Lipinski definition) is 5. The Labute approximate surface area is 236 Å². The lowest BCUT2D eigenvalue weighted by molar-refractivity contribution is -0.122. The van der Waals surface area contributed by atoms with Gasteiger partial charge in [0.1, 0.15) is 30.3 Å². The van der Waals surface area contributed by atoms with Gasteiger partial charge in [0.05, 0.1) is 10.7 Å². The first kappa shape index (κ1) is 26.7. The number of urea groups is 1. The third kappa shape index (κ3) is 6.22. The van der Waals surface area contributed by atoms with Gasteiger partial charge in [-0.1, -0.05) is 77.8 Å². The van der Waals surface area contributed by atoms with Crippen molar-refractivity contribution in [1.82, 2.24) is 5.32 Å². The molecule has 1 aliphatic heterocycles. The van der Waals surface area contributed by atoms with Gasteiger partial charge in [-0.3, -0.25) is 14.9 Å². The highest BCUT2D eigenvalue weighted by Gasteiger charge is 2.36. The first-order valence-corrected chi connectivity index (χ1v) is 12.9. The zero-order chi connectivity index (χ0) is 28.1.